The molecule has 1 aliphatic rings. The van der Waals surface area contributed by atoms with E-state index in [9.17, 15) is 0 Å². The average molecular weight is 262 g/mol. The van der Waals surface area contributed by atoms with Gasteiger partial charge in [0, 0.05) is 18.6 Å². The van der Waals surface area contributed by atoms with Crippen molar-refractivity contribution in [2.24, 2.45) is 0 Å². The van der Waals surface area contributed by atoms with E-state index in [1.165, 1.54) is 24.8 Å². The van der Waals surface area contributed by atoms with Gasteiger partial charge in [0.25, 0.3) is 0 Å². The molecule has 106 valence electrons. The van der Waals surface area contributed by atoms with Crippen LogP contribution in [0.15, 0.2) is 24.3 Å². The number of rotatable bonds is 6. The zero-order valence-electron chi connectivity index (χ0n) is 12.4. The highest BCUT2D eigenvalue weighted by molar-refractivity contribution is 5.27. The lowest BCUT2D eigenvalue weighted by Gasteiger charge is -2.24. The first-order valence-corrected chi connectivity index (χ1v) is 7.29. The molecule has 0 spiro atoms. The first-order valence-electron chi connectivity index (χ1n) is 7.29. The summed E-state index contributed by atoms with van der Waals surface area (Å²) >= 11 is 0. The SMILES string of the molecule is CCNC1CCC(N(C)Cc2ccc(OC)cc2)C1. The average Bonchev–Trinajstić information content (AvgIpc) is 2.89. The fourth-order valence-electron chi connectivity index (χ4n) is 2.98. The second kappa shape index (κ2) is 6.92. The second-order valence-corrected chi connectivity index (χ2v) is 5.48. The fraction of sp³-hybridized carbons (Fsp3) is 0.625. The summed E-state index contributed by atoms with van der Waals surface area (Å²) in [6, 6.07) is 9.83. The van der Waals surface area contributed by atoms with Gasteiger partial charge in [0.1, 0.15) is 5.75 Å². The van der Waals surface area contributed by atoms with Crippen LogP contribution in [0.5, 0.6) is 5.75 Å². The fourth-order valence-corrected chi connectivity index (χ4v) is 2.98. The molecule has 1 aromatic rings. The molecular weight excluding hydrogens is 236 g/mol. The zero-order valence-corrected chi connectivity index (χ0v) is 12.4. The van der Waals surface area contributed by atoms with Crippen LogP contribution in [0.3, 0.4) is 0 Å². The van der Waals surface area contributed by atoms with Crippen LogP contribution in [0.4, 0.5) is 0 Å². The number of benzene rings is 1. The third-order valence-corrected chi connectivity index (χ3v) is 4.11. The van der Waals surface area contributed by atoms with Crippen molar-refractivity contribution in [3.63, 3.8) is 0 Å². The summed E-state index contributed by atoms with van der Waals surface area (Å²) in [5, 5.41) is 3.57. The van der Waals surface area contributed by atoms with Crippen molar-refractivity contribution < 1.29 is 4.74 Å². The van der Waals surface area contributed by atoms with Crippen LogP contribution in [0, 0.1) is 0 Å². The predicted molar refractivity (Wildman–Crippen MR) is 79.6 cm³/mol. The Kier molecular flexibility index (Phi) is 5.23. The minimum atomic E-state index is 0.714. The van der Waals surface area contributed by atoms with Crippen LogP contribution in [0.2, 0.25) is 0 Å². The third kappa shape index (κ3) is 3.95. The van der Waals surface area contributed by atoms with E-state index in [4.69, 9.17) is 4.74 Å². The minimum absolute atomic E-state index is 0.714. The molecule has 2 rings (SSSR count). The van der Waals surface area contributed by atoms with Crippen LogP contribution < -0.4 is 10.1 Å². The third-order valence-electron chi connectivity index (χ3n) is 4.11. The van der Waals surface area contributed by atoms with E-state index in [2.05, 4.69) is 36.3 Å². The molecule has 1 saturated carbocycles. The molecule has 2 atom stereocenters. The van der Waals surface area contributed by atoms with E-state index in [1.54, 1.807) is 7.11 Å². The molecule has 3 heteroatoms. The standard InChI is InChI=1S/C16H26N2O/c1-4-17-14-7-8-15(11-14)18(2)12-13-5-9-16(19-3)10-6-13/h5-6,9-10,14-15,17H,4,7-8,11-12H2,1-3H3. The monoisotopic (exact) mass is 262 g/mol. The molecule has 0 heterocycles. The number of hydrogen-bond acceptors (Lipinski definition) is 3. The smallest absolute Gasteiger partial charge is 0.118 e. The van der Waals surface area contributed by atoms with Gasteiger partial charge in [-0.05, 0) is 50.6 Å². The molecular formula is C16H26N2O. The van der Waals surface area contributed by atoms with Crippen LogP contribution in [-0.2, 0) is 6.54 Å². The lowest BCUT2D eigenvalue weighted by atomic mass is 10.1. The molecule has 0 aliphatic heterocycles. The number of ether oxygens (including phenoxy) is 1. The van der Waals surface area contributed by atoms with Gasteiger partial charge >= 0.3 is 0 Å². The summed E-state index contributed by atoms with van der Waals surface area (Å²) in [5.74, 6) is 0.930. The lowest BCUT2D eigenvalue weighted by molar-refractivity contribution is 0.233. The van der Waals surface area contributed by atoms with E-state index in [-0.39, 0.29) is 0 Å². The highest BCUT2D eigenvalue weighted by Crippen LogP contribution is 2.24. The van der Waals surface area contributed by atoms with Gasteiger partial charge in [0.15, 0.2) is 0 Å². The highest BCUT2D eigenvalue weighted by atomic mass is 16.5. The Bertz CT molecular complexity index is 377. The highest BCUT2D eigenvalue weighted by Gasteiger charge is 2.26. The van der Waals surface area contributed by atoms with Crippen molar-refractivity contribution in [1.29, 1.82) is 0 Å². The van der Waals surface area contributed by atoms with E-state index in [1.807, 2.05) is 12.1 Å². The van der Waals surface area contributed by atoms with Gasteiger partial charge in [0.05, 0.1) is 7.11 Å². The van der Waals surface area contributed by atoms with Crippen molar-refractivity contribution in [2.75, 3.05) is 20.7 Å². The van der Waals surface area contributed by atoms with Gasteiger partial charge in [-0.25, -0.2) is 0 Å². The molecule has 1 aliphatic carbocycles. The summed E-state index contributed by atoms with van der Waals surface area (Å²) in [5.41, 5.74) is 1.36. The van der Waals surface area contributed by atoms with Crippen LogP contribution in [0.1, 0.15) is 31.7 Å². The lowest BCUT2D eigenvalue weighted by Crippen LogP contribution is -2.32. The van der Waals surface area contributed by atoms with Crippen LogP contribution in [-0.4, -0.2) is 37.7 Å². The van der Waals surface area contributed by atoms with Crippen LogP contribution in [0.25, 0.3) is 0 Å². The first kappa shape index (κ1) is 14.4. The largest absolute Gasteiger partial charge is 0.497 e. The molecule has 1 N–H and O–H groups in total. The summed E-state index contributed by atoms with van der Waals surface area (Å²) in [7, 11) is 3.95. The second-order valence-electron chi connectivity index (χ2n) is 5.48. The summed E-state index contributed by atoms with van der Waals surface area (Å²) in [6.07, 6.45) is 3.90. The van der Waals surface area contributed by atoms with E-state index < -0.39 is 0 Å². The Morgan fingerprint density at radius 3 is 2.63 bits per heavy atom. The van der Waals surface area contributed by atoms with Crippen LogP contribution >= 0.6 is 0 Å². The van der Waals surface area contributed by atoms with Crippen molar-refractivity contribution in [2.45, 2.75) is 44.8 Å². The Morgan fingerprint density at radius 1 is 1.26 bits per heavy atom. The Balaban J connectivity index is 1.85. The van der Waals surface area contributed by atoms with Crippen molar-refractivity contribution in [3.8, 4) is 5.75 Å². The maximum atomic E-state index is 5.19. The quantitative estimate of drug-likeness (QED) is 0.853. The number of methoxy groups -OCH3 is 1. The van der Waals surface area contributed by atoms with Gasteiger partial charge < -0.3 is 10.1 Å². The molecule has 0 saturated heterocycles. The summed E-state index contributed by atoms with van der Waals surface area (Å²) in [4.78, 5) is 2.49. The molecule has 3 nitrogen and oxygen atoms in total. The van der Waals surface area contributed by atoms with Gasteiger partial charge in [0.2, 0.25) is 0 Å². The minimum Gasteiger partial charge on any atom is -0.497 e. The first-order chi connectivity index (χ1) is 9.22. The Morgan fingerprint density at radius 2 is 2.00 bits per heavy atom. The molecule has 0 amide bonds. The van der Waals surface area contributed by atoms with Crippen molar-refractivity contribution in [1.82, 2.24) is 10.2 Å². The molecule has 0 bridgehead atoms. The molecule has 19 heavy (non-hydrogen) atoms. The van der Waals surface area contributed by atoms with E-state index in [0.29, 0.717) is 12.1 Å². The predicted octanol–water partition coefficient (Wildman–Crippen LogP) is 2.66. The zero-order chi connectivity index (χ0) is 13.7. The molecule has 1 aromatic carbocycles. The van der Waals surface area contributed by atoms with Crippen molar-refractivity contribution >= 4 is 0 Å². The number of hydrogen-bond donors (Lipinski definition) is 1. The van der Waals surface area contributed by atoms with Gasteiger partial charge in [-0.2, -0.15) is 0 Å². The number of nitrogens with one attached hydrogen (secondary N) is 1. The van der Waals surface area contributed by atoms with Crippen molar-refractivity contribution in [3.05, 3.63) is 29.8 Å². The summed E-state index contributed by atoms with van der Waals surface area (Å²) < 4.78 is 5.19. The van der Waals surface area contributed by atoms with E-state index >= 15 is 0 Å². The van der Waals surface area contributed by atoms with Gasteiger partial charge in [-0.1, -0.05) is 19.1 Å². The number of nitrogens with zero attached hydrogens (tertiary/aromatic N) is 1. The molecule has 2 unspecified atom stereocenters. The Hall–Kier alpha value is -1.06. The molecule has 1 fully saturated rings. The summed E-state index contributed by atoms with van der Waals surface area (Å²) in [6.45, 7) is 4.29. The topological polar surface area (TPSA) is 24.5 Å². The van der Waals surface area contributed by atoms with Gasteiger partial charge in [-0.15, -0.1) is 0 Å². The van der Waals surface area contributed by atoms with E-state index in [0.717, 1.165) is 18.8 Å². The Labute approximate surface area is 116 Å². The normalized spacial score (nSPS) is 22.9. The maximum Gasteiger partial charge on any atom is 0.118 e. The maximum absolute atomic E-state index is 5.19. The van der Waals surface area contributed by atoms with Gasteiger partial charge in [-0.3, -0.25) is 4.90 Å². The molecule has 0 radical (unpaired) electrons. The molecule has 0 aromatic heterocycles.